The summed E-state index contributed by atoms with van der Waals surface area (Å²) >= 11 is 0. The fourth-order valence-corrected chi connectivity index (χ4v) is 5.73. The van der Waals surface area contributed by atoms with E-state index in [1.165, 1.54) is 13.2 Å². The summed E-state index contributed by atoms with van der Waals surface area (Å²) in [4.78, 5) is 34.6. The van der Waals surface area contributed by atoms with Gasteiger partial charge in [0.25, 0.3) is 0 Å². The lowest BCUT2D eigenvalue weighted by atomic mass is 9.76. The van der Waals surface area contributed by atoms with Crippen LogP contribution in [-0.4, -0.2) is 58.2 Å². The van der Waals surface area contributed by atoms with E-state index >= 15 is 0 Å². The predicted molar refractivity (Wildman–Crippen MR) is 125 cm³/mol. The van der Waals surface area contributed by atoms with Crippen LogP contribution in [0, 0.1) is 0 Å². The number of carbonyl (C=O) groups is 2. The van der Waals surface area contributed by atoms with Gasteiger partial charge in [0.2, 0.25) is 5.78 Å². The molecule has 1 aliphatic carbocycles. The minimum Gasteiger partial charge on any atom is -0.507 e. The monoisotopic (exact) mass is 462 g/mol. The number of oxime groups is 1. The van der Waals surface area contributed by atoms with Crippen LogP contribution < -0.4 is 4.74 Å². The number of carbonyl (C=O) groups excluding carboxylic acids is 2. The summed E-state index contributed by atoms with van der Waals surface area (Å²) in [5.74, 6) is -1.38. The molecule has 176 valence electrons. The molecule has 0 amide bonds. The quantitative estimate of drug-likeness (QED) is 0.339. The lowest BCUT2D eigenvalue weighted by Gasteiger charge is -2.43. The highest BCUT2D eigenvalue weighted by Crippen LogP contribution is 2.56. The van der Waals surface area contributed by atoms with Crippen molar-refractivity contribution in [2.75, 3.05) is 20.3 Å². The molecule has 0 radical (unpaired) electrons. The van der Waals surface area contributed by atoms with E-state index in [0.717, 1.165) is 5.71 Å². The molecule has 0 aromatic heterocycles. The number of phenolic OH excluding ortho intramolecular Hbond substituents is 2. The fraction of sp³-hybridized carbons (Fsp3) is 0.346. The molecule has 1 saturated heterocycles. The Morgan fingerprint density at radius 2 is 1.94 bits per heavy atom. The van der Waals surface area contributed by atoms with E-state index in [0.29, 0.717) is 30.7 Å². The number of ketones is 2. The molecule has 2 aromatic carbocycles. The van der Waals surface area contributed by atoms with Gasteiger partial charge in [-0.2, -0.15) is 0 Å². The number of ether oxygens (including phenoxy) is 1. The van der Waals surface area contributed by atoms with E-state index in [4.69, 9.17) is 9.57 Å². The molecule has 2 heterocycles. The minimum absolute atomic E-state index is 0.0887. The Morgan fingerprint density at radius 3 is 2.62 bits per heavy atom. The van der Waals surface area contributed by atoms with Crippen molar-refractivity contribution in [3.05, 3.63) is 64.2 Å². The molecule has 2 bridgehead atoms. The molecule has 34 heavy (non-hydrogen) atoms. The number of methoxy groups -OCH3 is 1. The third-order valence-corrected chi connectivity index (χ3v) is 7.26. The summed E-state index contributed by atoms with van der Waals surface area (Å²) in [7, 11) is 1.42. The van der Waals surface area contributed by atoms with E-state index in [2.05, 4.69) is 16.6 Å². The molecule has 8 nitrogen and oxygen atoms in total. The van der Waals surface area contributed by atoms with Crippen molar-refractivity contribution in [3.8, 4) is 17.2 Å². The standard InChI is InChI=1S/C26H26N2O6/c1-5-10-28-15-11-17(27-34-6-2)26(28,3)12-14-18(15)24(31)21-20(23(14)30)22(29)13-8-7-9-16(33-4)19(13)25(21)32/h5,7-9,15,30-31H,1,6,10-12H2,2-4H3/b27-17+. The molecule has 5 rings (SSSR count). The highest BCUT2D eigenvalue weighted by atomic mass is 16.6. The maximum absolute atomic E-state index is 13.6. The van der Waals surface area contributed by atoms with E-state index in [-0.39, 0.29) is 52.0 Å². The molecule has 0 spiro atoms. The topological polar surface area (TPSA) is 109 Å². The first-order chi connectivity index (χ1) is 16.3. The molecule has 3 aliphatic rings. The molecule has 8 heteroatoms. The first kappa shape index (κ1) is 22.2. The van der Waals surface area contributed by atoms with Gasteiger partial charge in [-0.25, -0.2) is 0 Å². The Hall–Kier alpha value is -3.65. The molecule has 2 unspecified atom stereocenters. The lowest BCUT2D eigenvalue weighted by Crippen LogP contribution is -2.51. The highest BCUT2D eigenvalue weighted by Gasteiger charge is 2.55. The number of fused-ring (bicyclic) bond motifs is 6. The van der Waals surface area contributed by atoms with Crippen LogP contribution in [0.25, 0.3) is 0 Å². The molecule has 0 saturated carbocycles. The number of benzene rings is 2. The second kappa shape index (κ2) is 7.70. The van der Waals surface area contributed by atoms with Crippen LogP contribution in [0.1, 0.15) is 69.3 Å². The molecule has 2 atom stereocenters. The minimum atomic E-state index is -0.609. The molecule has 2 N–H and O–H groups in total. The zero-order chi connectivity index (χ0) is 24.4. The van der Waals surface area contributed by atoms with Crippen LogP contribution in [0.3, 0.4) is 0 Å². The number of phenols is 2. The summed E-state index contributed by atoms with van der Waals surface area (Å²) < 4.78 is 5.33. The van der Waals surface area contributed by atoms with Gasteiger partial charge in [0.15, 0.2) is 5.78 Å². The van der Waals surface area contributed by atoms with Crippen LogP contribution in [0.2, 0.25) is 0 Å². The number of rotatable bonds is 5. The van der Waals surface area contributed by atoms with E-state index in [1.807, 2.05) is 13.8 Å². The summed E-state index contributed by atoms with van der Waals surface area (Å²) in [6.07, 6.45) is 2.51. The smallest absolute Gasteiger partial charge is 0.202 e. The van der Waals surface area contributed by atoms with Crippen molar-refractivity contribution < 1.29 is 29.4 Å². The average Bonchev–Trinajstić information content (AvgIpc) is 3.00. The first-order valence-corrected chi connectivity index (χ1v) is 11.2. The van der Waals surface area contributed by atoms with Gasteiger partial charge in [-0.05, 0) is 19.9 Å². The fourth-order valence-electron chi connectivity index (χ4n) is 5.73. The SMILES string of the molecule is C=CCN1C2C/C(=N\OCC)C1(C)Cc1c(O)c3c(c(O)c12)C(=O)c1c(OC)cccc1C3=O. The Kier molecular flexibility index (Phi) is 5.02. The van der Waals surface area contributed by atoms with Gasteiger partial charge in [0.1, 0.15) is 23.9 Å². The second-order valence-electron chi connectivity index (χ2n) is 8.95. The van der Waals surface area contributed by atoms with Gasteiger partial charge in [0, 0.05) is 42.1 Å². The Balaban J connectivity index is 1.77. The largest absolute Gasteiger partial charge is 0.507 e. The van der Waals surface area contributed by atoms with Crippen molar-refractivity contribution >= 4 is 17.3 Å². The summed E-state index contributed by atoms with van der Waals surface area (Å²) in [5.41, 5.74) is 0.948. The van der Waals surface area contributed by atoms with Crippen molar-refractivity contribution in [3.63, 3.8) is 0 Å². The Labute approximate surface area is 197 Å². The molecular formula is C26H26N2O6. The predicted octanol–water partition coefficient (Wildman–Crippen LogP) is 3.52. The number of aromatic hydroxyl groups is 2. The van der Waals surface area contributed by atoms with Gasteiger partial charge in [-0.15, -0.1) is 6.58 Å². The van der Waals surface area contributed by atoms with Crippen LogP contribution >= 0.6 is 0 Å². The zero-order valence-corrected chi connectivity index (χ0v) is 19.3. The maximum Gasteiger partial charge on any atom is 0.202 e. The first-order valence-electron chi connectivity index (χ1n) is 11.2. The van der Waals surface area contributed by atoms with Crippen LogP contribution in [0.5, 0.6) is 17.2 Å². The zero-order valence-electron chi connectivity index (χ0n) is 19.3. The molecular weight excluding hydrogens is 436 g/mol. The number of hydrogen-bond acceptors (Lipinski definition) is 8. The van der Waals surface area contributed by atoms with Gasteiger partial charge in [-0.1, -0.05) is 23.4 Å². The Morgan fingerprint density at radius 1 is 1.21 bits per heavy atom. The summed E-state index contributed by atoms with van der Waals surface area (Å²) in [5, 5.41) is 27.2. The lowest BCUT2D eigenvalue weighted by molar-refractivity contribution is 0.0967. The van der Waals surface area contributed by atoms with Crippen LogP contribution in [0.4, 0.5) is 0 Å². The van der Waals surface area contributed by atoms with Crippen LogP contribution in [0.15, 0.2) is 36.0 Å². The van der Waals surface area contributed by atoms with Gasteiger partial charge in [0.05, 0.1) is 35.1 Å². The second-order valence-corrected chi connectivity index (χ2v) is 8.95. The molecule has 2 aromatic rings. The van der Waals surface area contributed by atoms with Gasteiger partial charge in [-0.3, -0.25) is 14.5 Å². The number of nitrogens with zero attached hydrogens (tertiary/aromatic N) is 2. The van der Waals surface area contributed by atoms with Crippen molar-refractivity contribution in [1.82, 2.24) is 4.90 Å². The normalized spacial score (nSPS) is 24.0. The van der Waals surface area contributed by atoms with Gasteiger partial charge >= 0.3 is 0 Å². The average molecular weight is 463 g/mol. The van der Waals surface area contributed by atoms with Crippen molar-refractivity contribution in [2.24, 2.45) is 5.16 Å². The summed E-state index contributed by atoms with van der Waals surface area (Å²) in [6.45, 7) is 8.63. The van der Waals surface area contributed by atoms with Gasteiger partial charge < -0.3 is 19.8 Å². The third-order valence-electron chi connectivity index (χ3n) is 7.26. The van der Waals surface area contributed by atoms with E-state index in [9.17, 15) is 19.8 Å². The van der Waals surface area contributed by atoms with E-state index < -0.39 is 17.1 Å². The third kappa shape index (κ3) is 2.72. The van der Waals surface area contributed by atoms with Crippen molar-refractivity contribution in [1.29, 1.82) is 0 Å². The van der Waals surface area contributed by atoms with E-state index in [1.54, 1.807) is 18.2 Å². The molecule has 2 aliphatic heterocycles. The summed E-state index contributed by atoms with van der Waals surface area (Å²) in [6, 6.07) is 4.37. The van der Waals surface area contributed by atoms with Crippen LogP contribution in [-0.2, 0) is 11.3 Å². The van der Waals surface area contributed by atoms with Crippen molar-refractivity contribution in [2.45, 2.75) is 38.3 Å². The Bertz CT molecular complexity index is 1300. The molecule has 1 fully saturated rings. The highest BCUT2D eigenvalue weighted by molar-refractivity contribution is 6.31. The number of hydrogen-bond donors (Lipinski definition) is 2. The maximum atomic E-state index is 13.6.